The quantitative estimate of drug-likeness (QED) is 0.154. The van der Waals surface area contributed by atoms with Gasteiger partial charge in [0.15, 0.2) is 0 Å². The number of rotatable bonds is 1. The number of anilines is 4. The Balaban J connectivity index is 1.21. The molecule has 0 spiro atoms. The molecule has 2 unspecified atom stereocenters. The highest BCUT2D eigenvalue weighted by atomic mass is 16.3. The molecule has 2 atom stereocenters. The molecule has 1 fully saturated rings. The van der Waals surface area contributed by atoms with Gasteiger partial charge in [0.1, 0.15) is 11.2 Å². The van der Waals surface area contributed by atoms with Crippen LogP contribution in [-0.2, 0) is 27.1 Å². The lowest BCUT2D eigenvalue weighted by Gasteiger charge is -2.54. The van der Waals surface area contributed by atoms with Gasteiger partial charge in [-0.3, -0.25) is 0 Å². The molecule has 63 heavy (non-hydrogen) atoms. The van der Waals surface area contributed by atoms with E-state index in [1.807, 2.05) is 0 Å². The monoisotopic (exact) mass is 824 g/mol. The zero-order valence-electron chi connectivity index (χ0n) is 39.4. The fourth-order valence-electron chi connectivity index (χ4n) is 14.2. The van der Waals surface area contributed by atoms with Gasteiger partial charge >= 0.3 is 6.85 Å². The van der Waals surface area contributed by atoms with Crippen molar-refractivity contribution < 1.29 is 4.42 Å². The Morgan fingerprint density at radius 1 is 0.571 bits per heavy atom. The third kappa shape index (κ3) is 4.59. The summed E-state index contributed by atoms with van der Waals surface area (Å²) in [6.07, 6.45) is 7.27. The van der Waals surface area contributed by atoms with Crippen LogP contribution in [0, 0.1) is 0 Å². The molecule has 4 heterocycles. The molecule has 7 aromatic rings. The van der Waals surface area contributed by atoms with Crippen LogP contribution in [0.25, 0.3) is 44.2 Å². The first-order valence-corrected chi connectivity index (χ1v) is 24.1. The molecule has 0 amide bonds. The molecule has 3 aliphatic heterocycles. The second-order valence-corrected chi connectivity index (χ2v) is 23.9. The van der Waals surface area contributed by atoms with Crippen LogP contribution < -0.4 is 20.6 Å². The molecule has 3 nitrogen and oxygen atoms in total. The van der Waals surface area contributed by atoms with E-state index in [1.54, 1.807) is 5.56 Å². The Morgan fingerprint density at radius 2 is 1.24 bits per heavy atom. The van der Waals surface area contributed by atoms with Crippen LogP contribution in [0.4, 0.5) is 22.7 Å². The van der Waals surface area contributed by atoms with Crippen LogP contribution in [0.1, 0.15) is 148 Å². The summed E-state index contributed by atoms with van der Waals surface area (Å²) in [5.74, 6) is 0. The van der Waals surface area contributed by atoms with Crippen molar-refractivity contribution in [2.24, 2.45) is 0 Å². The van der Waals surface area contributed by atoms with E-state index in [0.717, 1.165) is 11.2 Å². The molecule has 4 heteroatoms. The first-order valence-electron chi connectivity index (χ1n) is 24.1. The molecule has 3 aliphatic carbocycles. The minimum atomic E-state index is -0.184. The lowest BCUT2D eigenvalue weighted by molar-refractivity contribution is 0.194. The van der Waals surface area contributed by atoms with Gasteiger partial charge in [0.25, 0.3) is 0 Å². The van der Waals surface area contributed by atoms with Gasteiger partial charge in [0.05, 0.1) is 5.54 Å². The third-order valence-corrected chi connectivity index (χ3v) is 18.1. The highest BCUT2D eigenvalue weighted by molar-refractivity contribution is 6.93. The SMILES string of the molecule is CC(C)(C)c1cc2c3c(c1)C1(C)CCCCC1(C)N3c1c3c(cc4c1C(C)(C)c1ccccc1-4)-c1cc4c(cc1N(c1ccccc1)B23)oc1cc2c(cc14)C(C)(C)CCC2(C)C. The lowest BCUT2D eigenvalue weighted by Crippen LogP contribution is -2.65. The van der Waals surface area contributed by atoms with Crippen molar-refractivity contribution >= 4 is 62.5 Å². The zero-order chi connectivity index (χ0) is 43.5. The molecule has 6 aliphatic rings. The number of benzene rings is 6. The van der Waals surface area contributed by atoms with Gasteiger partial charge in [0.2, 0.25) is 0 Å². The normalized spacial score (nSPS) is 23.8. The summed E-state index contributed by atoms with van der Waals surface area (Å²) < 4.78 is 7.11. The Bertz CT molecular complexity index is 3200. The van der Waals surface area contributed by atoms with Crippen LogP contribution in [-0.4, -0.2) is 12.4 Å². The van der Waals surface area contributed by atoms with Crippen LogP contribution in [0.5, 0.6) is 0 Å². The summed E-state index contributed by atoms with van der Waals surface area (Å²) in [5.41, 5.74) is 24.5. The topological polar surface area (TPSA) is 19.6 Å². The minimum absolute atomic E-state index is 0.0000719. The van der Waals surface area contributed by atoms with Gasteiger partial charge in [-0.25, -0.2) is 0 Å². The molecule has 0 bridgehead atoms. The summed E-state index contributed by atoms with van der Waals surface area (Å²) in [5, 5.41) is 2.45. The molecule has 316 valence electrons. The van der Waals surface area contributed by atoms with Gasteiger partial charge in [-0.05, 0) is 146 Å². The van der Waals surface area contributed by atoms with Crippen molar-refractivity contribution in [1.82, 2.24) is 0 Å². The van der Waals surface area contributed by atoms with Gasteiger partial charge in [-0.15, -0.1) is 0 Å². The molecule has 6 aromatic carbocycles. The summed E-state index contributed by atoms with van der Waals surface area (Å²) >= 11 is 0. The van der Waals surface area contributed by atoms with E-state index < -0.39 is 0 Å². The van der Waals surface area contributed by atoms with Crippen LogP contribution in [0.15, 0.2) is 101 Å². The van der Waals surface area contributed by atoms with Crippen LogP contribution in [0.2, 0.25) is 0 Å². The van der Waals surface area contributed by atoms with E-state index in [4.69, 9.17) is 4.42 Å². The maximum Gasteiger partial charge on any atom is 0.333 e. The minimum Gasteiger partial charge on any atom is -0.456 e. The lowest BCUT2D eigenvalue weighted by atomic mass is 9.42. The van der Waals surface area contributed by atoms with Gasteiger partial charge in [-0.1, -0.05) is 137 Å². The van der Waals surface area contributed by atoms with E-state index in [9.17, 15) is 0 Å². The van der Waals surface area contributed by atoms with E-state index in [-0.39, 0.29) is 39.5 Å². The third-order valence-electron chi connectivity index (χ3n) is 18.1. The first kappa shape index (κ1) is 38.3. The second-order valence-electron chi connectivity index (χ2n) is 23.9. The van der Waals surface area contributed by atoms with Gasteiger partial charge in [0, 0.05) is 56.0 Å². The maximum absolute atomic E-state index is 7.11. The summed E-state index contributed by atoms with van der Waals surface area (Å²) in [7, 11) is 0. The predicted octanol–water partition coefficient (Wildman–Crippen LogP) is 14.5. The van der Waals surface area contributed by atoms with E-state index >= 15 is 0 Å². The average Bonchev–Trinajstić information content (AvgIpc) is 3.80. The van der Waals surface area contributed by atoms with E-state index in [0.29, 0.717) is 0 Å². The van der Waals surface area contributed by atoms with Crippen LogP contribution in [0.3, 0.4) is 0 Å². The average molecular weight is 825 g/mol. The van der Waals surface area contributed by atoms with Gasteiger partial charge < -0.3 is 14.1 Å². The Morgan fingerprint density at radius 3 is 1.98 bits per heavy atom. The molecule has 0 radical (unpaired) electrons. The molecule has 1 saturated carbocycles. The number of nitrogens with zero attached hydrogens (tertiary/aromatic N) is 2. The largest absolute Gasteiger partial charge is 0.456 e. The summed E-state index contributed by atoms with van der Waals surface area (Å²) in [6.45, 7) is 27.2. The highest BCUT2D eigenvalue weighted by Crippen LogP contribution is 2.66. The fraction of sp³-hybridized carbons (Fsp3) is 0.390. The molecule has 13 rings (SSSR count). The number of para-hydroxylation sites is 1. The molecule has 0 saturated heterocycles. The number of hydrogen-bond donors (Lipinski definition) is 0. The number of hydrogen-bond acceptors (Lipinski definition) is 3. The van der Waals surface area contributed by atoms with Crippen molar-refractivity contribution in [3.63, 3.8) is 0 Å². The smallest absolute Gasteiger partial charge is 0.333 e. The fourth-order valence-corrected chi connectivity index (χ4v) is 14.2. The second kappa shape index (κ2) is 11.7. The Hall–Kier alpha value is -5.22. The Kier molecular flexibility index (Phi) is 7.12. The van der Waals surface area contributed by atoms with E-state index in [1.165, 1.54) is 133 Å². The zero-order valence-corrected chi connectivity index (χ0v) is 39.4. The highest BCUT2D eigenvalue weighted by Gasteiger charge is 2.63. The Labute approximate surface area is 375 Å². The van der Waals surface area contributed by atoms with Crippen molar-refractivity contribution in [1.29, 1.82) is 0 Å². The molecule has 1 aromatic heterocycles. The summed E-state index contributed by atoms with van der Waals surface area (Å²) in [6, 6.07) is 38.4. The van der Waals surface area contributed by atoms with Gasteiger partial charge in [-0.2, -0.15) is 0 Å². The van der Waals surface area contributed by atoms with E-state index in [2.05, 4.69) is 183 Å². The molecule has 0 N–H and O–H groups in total. The maximum atomic E-state index is 7.11. The standard InChI is InChI=1S/C59H61BN2O/c1-54(2,3)34-27-45-52-46(28-34)60-51-41(30-40-36-21-15-16-22-42(36)57(8,9)50(40)53(51)61(52)59(11)24-18-17-23-58(45,59)10)37-29-38-39-31-43-44(56(6,7)26-25-55(43,4)5)32-48(39)63-49(38)33-47(37)62(60)35-19-13-12-14-20-35/h12-16,19-22,27-33H,17-18,23-26H2,1-11H3. The molecular formula is C59H61BN2O. The van der Waals surface area contributed by atoms with Crippen molar-refractivity contribution in [3.8, 4) is 22.3 Å². The number of fused-ring (bicyclic) bond motifs is 15. The predicted molar refractivity (Wildman–Crippen MR) is 267 cm³/mol. The summed E-state index contributed by atoms with van der Waals surface area (Å²) in [4.78, 5) is 5.69. The van der Waals surface area contributed by atoms with Crippen molar-refractivity contribution in [3.05, 3.63) is 130 Å². The molecular weight excluding hydrogens is 763 g/mol. The van der Waals surface area contributed by atoms with Crippen molar-refractivity contribution in [2.45, 2.75) is 147 Å². The first-order chi connectivity index (χ1) is 29.8. The van der Waals surface area contributed by atoms with Crippen molar-refractivity contribution in [2.75, 3.05) is 9.71 Å². The van der Waals surface area contributed by atoms with Crippen LogP contribution >= 0.6 is 0 Å². The number of furan rings is 1.